The molecule has 0 aliphatic rings. The molecule has 0 saturated carbocycles. The van der Waals surface area contributed by atoms with E-state index in [4.69, 9.17) is 22.1 Å². The van der Waals surface area contributed by atoms with Gasteiger partial charge in [0.15, 0.2) is 0 Å². The van der Waals surface area contributed by atoms with Crippen molar-refractivity contribution >= 4 is 23.4 Å². The number of rotatable bonds is 7. The normalized spacial score (nSPS) is 12.7. The molecular formula is C12H18ClNOS. The maximum atomic E-state index is 5.91. The standard InChI is InChI=1S/C12H18ClNOS/c1-2-15-11(9-14)6-7-16-12-5-3-4-10(13)8-12/h3-5,8,11H,2,6-7,9,14H2,1H3. The Morgan fingerprint density at radius 3 is 2.94 bits per heavy atom. The summed E-state index contributed by atoms with van der Waals surface area (Å²) in [6.07, 6.45) is 1.15. The first-order valence-electron chi connectivity index (χ1n) is 5.46. The first kappa shape index (κ1) is 13.8. The molecule has 0 amide bonds. The van der Waals surface area contributed by atoms with E-state index in [2.05, 4.69) is 6.07 Å². The van der Waals surface area contributed by atoms with Crippen molar-refractivity contribution in [3.05, 3.63) is 29.3 Å². The third-order valence-corrected chi connectivity index (χ3v) is 3.43. The summed E-state index contributed by atoms with van der Waals surface area (Å²) in [5.41, 5.74) is 5.61. The van der Waals surface area contributed by atoms with Crippen LogP contribution in [0.5, 0.6) is 0 Å². The molecule has 90 valence electrons. The predicted molar refractivity (Wildman–Crippen MR) is 71.3 cm³/mol. The Bertz CT molecular complexity index is 309. The monoisotopic (exact) mass is 259 g/mol. The number of halogens is 1. The van der Waals surface area contributed by atoms with Crippen molar-refractivity contribution in [3.63, 3.8) is 0 Å². The maximum absolute atomic E-state index is 5.91. The third-order valence-electron chi connectivity index (χ3n) is 2.17. The highest BCUT2D eigenvalue weighted by atomic mass is 35.5. The summed E-state index contributed by atoms with van der Waals surface area (Å²) >= 11 is 7.69. The number of thioether (sulfide) groups is 1. The van der Waals surface area contributed by atoms with Crippen molar-refractivity contribution < 1.29 is 4.74 Å². The third kappa shape index (κ3) is 5.21. The molecule has 1 rings (SSSR count). The molecule has 2 nitrogen and oxygen atoms in total. The highest BCUT2D eigenvalue weighted by molar-refractivity contribution is 7.99. The zero-order valence-corrected chi connectivity index (χ0v) is 11.1. The van der Waals surface area contributed by atoms with Gasteiger partial charge in [0.05, 0.1) is 6.10 Å². The van der Waals surface area contributed by atoms with Crippen LogP contribution in [-0.4, -0.2) is 25.0 Å². The molecule has 1 aromatic rings. The summed E-state index contributed by atoms with van der Waals surface area (Å²) in [5.74, 6) is 1.00. The van der Waals surface area contributed by atoms with Crippen LogP contribution in [0.25, 0.3) is 0 Å². The quantitative estimate of drug-likeness (QED) is 0.764. The van der Waals surface area contributed by atoms with Crippen LogP contribution in [0.1, 0.15) is 13.3 Å². The van der Waals surface area contributed by atoms with Gasteiger partial charge in [-0.3, -0.25) is 0 Å². The first-order chi connectivity index (χ1) is 7.76. The van der Waals surface area contributed by atoms with E-state index in [1.165, 1.54) is 4.90 Å². The minimum absolute atomic E-state index is 0.177. The Balaban J connectivity index is 2.29. The molecule has 0 bridgehead atoms. The lowest BCUT2D eigenvalue weighted by Crippen LogP contribution is -2.24. The van der Waals surface area contributed by atoms with Crippen molar-refractivity contribution in [3.8, 4) is 0 Å². The Hall–Kier alpha value is -0.220. The van der Waals surface area contributed by atoms with Crippen LogP contribution < -0.4 is 5.73 Å². The van der Waals surface area contributed by atoms with Gasteiger partial charge >= 0.3 is 0 Å². The number of ether oxygens (including phenoxy) is 1. The Morgan fingerprint density at radius 2 is 2.31 bits per heavy atom. The molecule has 1 aromatic carbocycles. The van der Waals surface area contributed by atoms with Gasteiger partial charge in [0.2, 0.25) is 0 Å². The average molecular weight is 260 g/mol. The SMILES string of the molecule is CCOC(CN)CCSc1cccc(Cl)c1. The molecule has 16 heavy (non-hydrogen) atoms. The number of nitrogens with two attached hydrogens (primary N) is 1. The van der Waals surface area contributed by atoms with Gasteiger partial charge in [0.25, 0.3) is 0 Å². The molecular weight excluding hydrogens is 242 g/mol. The summed E-state index contributed by atoms with van der Waals surface area (Å²) in [5, 5.41) is 0.783. The van der Waals surface area contributed by atoms with E-state index >= 15 is 0 Å². The van der Waals surface area contributed by atoms with E-state index in [1.54, 1.807) is 11.8 Å². The second-order valence-corrected chi connectivity index (χ2v) is 5.01. The average Bonchev–Trinajstić information content (AvgIpc) is 2.28. The molecule has 1 unspecified atom stereocenters. The molecule has 0 spiro atoms. The van der Waals surface area contributed by atoms with E-state index in [0.29, 0.717) is 6.54 Å². The molecule has 0 aromatic heterocycles. The molecule has 2 N–H and O–H groups in total. The van der Waals surface area contributed by atoms with E-state index in [-0.39, 0.29) is 6.10 Å². The van der Waals surface area contributed by atoms with Crippen molar-refractivity contribution in [2.45, 2.75) is 24.3 Å². The fourth-order valence-electron chi connectivity index (χ4n) is 1.37. The van der Waals surface area contributed by atoms with Gasteiger partial charge in [-0.2, -0.15) is 0 Å². The van der Waals surface area contributed by atoms with Crippen LogP contribution in [0.15, 0.2) is 29.2 Å². The largest absolute Gasteiger partial charge is 0.377 e. The lowest BCUT2D eigenvalue weighted by Gasteiger charge is -2.14. The second-order valence-electron chi connectivity index (χ2n) is 3.41. The Labute approximate surface area is 107 Å². The molecule has 0 radical (unpaired) electrons. The van der Waals surface area contributed by atoms with Crippen LogP contribution in [0.4, 0.5) is 0 Å². The summed E-state index contributed by atoms with van der Waals surface area (Å²) in [7, 11) is 0. The van der Waals surface area contributed by atoms with E-state index in [1.807, 2.05) is 25.1 Å². The van der Waals surface area contributed by atoms with Gasteiger partial charge in [-0.05, 0) is 31.5 Å². The molecule has 1 atom stereocenters. The van der Waals surface area contributed by atoms with E-state index in [0.717, 1.165) is 23.8 Å². The maximum Gasteiger partial charge on any atom is 0.0705 e. The van der Waals surface area contributed by atoms with Crippen molar-refractivity contribution in [2.75, 3.05) is 18.9 Å². The zero-order valence-electron chi connectivity index (χ0n) is 9.49. The second kappa shape index (κ2) is 7.96. The highest BCUT2D eigenvalue weighted by Crippen LogP contribution is 2.22. The van der Waals surface area contributed by atoms with Crippen LogP contribution >= 0.6 is 23.4 Å². The highest BCUT2D eigenvalue weighted by Gasteiger charge is 2.05. The van der Waals surface area contributed by atoms with Crippen LogP contribution in [0, 0.1) is 0 Å². The van der Waals surface area contributed by atoms with E-state index in [9.17, 15) is 0 Å². The summed E-state index contributed by atoms with van der Waals surface area (Å²) in [4.78, 5) is 1.19. The summed E-state index contributed by atoms with van der Waals surface area (Å²) in [6, 6.07) is 7.89. The molecule has 0 heterocycles. The fraction of sp³-hybridized carbons (Fsp3) is 0.500. The predicted octanol–water partition coefficient (Wildman–Crippen LogP) is 3.19. The lowest BCUT2D eigenvalue weighted by molar-refractivity contribution is 0.0674. The van der Waals surface area contributed by atoms with Crippen molar-refractivity contribution in [2.24, 2.45) is 5.73 Å². The van der Waals surface area contributed by atoms with Gasteiger partial charge in [-0.25, -0.2) is 0 Å². The number of benzene rings is 1. The zero-order chi connectivity index (χ0) is 11.8. The van der Waals surface area contributed by atoms with Gasteiger partial charge in [-0.15, -0.1) is 11.8 Å². The van der Waals surface area contributed by atoms with Gasteiger partial charge in [0, 0.05) is 28.8 Å². The minimum atomic E-state index is 0.177. The van der Waals surface area contributed by atoms with E-state index < -0.39 is 0 Å². The molecule has 0 saturated heterocycles. The van der Waals surface area contributed by atoms with Crippen LogP contribution in [0.2, 0.25) is 5.02 Å². The first-order valence-corrected chi connectivity index (χ1v) is 6.82. The topological polar surface area (TPSA) is 35.2 Å². The molecule has 0 aliphatic carbocycles. The molecule has 0 fully saturated rings. The smallest absolute Gasteiger partial charge is 0.0705 e. The van der Waals surface area contributed by atoms with Crippen LogP contribution in [0.3, 0.4) is 0 Å². The van der Waals surface area contributed by atoms with Crippen LogP contribution in [-0.2, 0) is 4.74 Å². The molecule has 0 aliphatic heterocycles. The fourth-order valence-corrected chi connectivity index (χ4v) is 2.63. The minimum Gasteiger partial charge on any atom is -0.377 e. The number of hydrogen-bond acceptors (Lipinski definition) is 3. The van der Waals surface area contributed by atoms with Gasteiger partial charge < -0.3 is 10.5 Å². The summed E-state index contributed by atoms with van der Waals surface area (Å²) < 4.78 is 5.49. The molecule has 4 heteroatoms. The summed E-state index contributed by atoms with van der Waals surface area (Å²) in [6.45, 7) is 3.31. The lowest BCUT2D eigenvalue weighted by atomic mass is 10.3. The van der Waals surface area contributed by atoms with Gasteiger partial charge in [0.1, 0.15) is 0 Å². The number of hydrogen-bond donors (Lipinski definition) is 1. The Morgan fingerprint density at radius 1 is 1.50 bits per heavy atom. The Kier molecular flexibility index (Phi) is 6.88. The van der Waals surface area contributed by atoms with Crippen molar-refractivity contribution in [1.82, 2.24) is 0 Å². The van der Waals surface area contributed by atoms with Gasteiger partial charge in [-0.1, -0.05) is 17.7 Å². The van der Waals surface area contributed by atoms with Crippen molar-refractivity contribution in [1.29, 1.82) is 0 Å².